The van der Waals surface area contributed by atoms with Gasteiger partial charge < -0.3 is 9.47 Å². The van der Waals surface area contributed by atoms with E-state index in [1.807, 2.05) is 32.0 Å². The van der Waals surface area contributed by atoms with E-state index in [9.17, 15) is 0 Å². The lowest BCUT2D eigenvalue weighted by Crippen LogP contribution is -1.99. The molecule has 5 heteroatoms. The molecule has 0 saturated heterocycles. The number of hydrogen-bond acceptors (Lipinski definition) is 4. The highest BCUT2D eigenvalue weighted by Gasteiger charge is 2.15. The minimum absolute atomic E-state index is 0.420. The zero-order valence-corrected chi connectivity index (χ0v) is 12.1. The Morgan fingerprint density at radius 1 is 1.00 bits per heavy atom. The van der Waals surface area contributed by atoms with Crippen LogP contribution in [0.2, 0.25) is 5.15 Å². The lowest BCUT2D eigenvalue weighted by molar-refractivity contribution is 0.404. The van der Waals surface area contributed by atoms with Gasteiger partial charge in [-0.15, -0.1) is 10.2 Å². The number of rotatable bonds is 3. The van der Waals surface area contributed by atoms with Gasteiger partial charge in [0.1, 0.15) is 17.2 Å². The van der Waals surface area contributed by atoms with Crippen molar-refractivity contribution < 1.29 is 9.47 Å². The van der Waals surface area contributed by atoms with Crippen molar-refractivity contribution in [2.75, 3.05) is 14.2 Å². The normalized spacial score (nSPS) is 10.4. The predicted molar refractivity (Wildman–Crippen MR) is 75.1 cm³/mol. The first kappa shape index (κ1) is 13.6. The highest BCUT2D eigenvalue weighted by Crippen LogP contribution is 2.35. The summed E-state index contributed by atoms with van der Waals surface area (Å²) >= 11 is 5.98. The SMILES string of the molecule is COc1ccc(OC)c(-c2nnc(Cl)c(C)c2C)c1. The molecule has 1 aromatic heterocycles. The number of hydrogen-bond donors (Lipinski definition) is 0. The van der Waals surface area contributed by atoms with E-state index in [4.69, 9.17) is 21.1 Å². The lowest BCUT2D eigenvalue weighted by Gasteiger charge is -2.13. The summed E-state index contributed by atoms with van der Waals surface area (Å²) in [7, 11) is 3.24. The second-order valence-corrected chi connectivity index (χ2v) is 4.51. The Bertz CT molecular complexity index is 615. The molecular weight excluding hydrogens is 264 g/mol. The van der Waals surface area contributed by atoms with Gasteiger partial charge in [0.05, 0.1) is 14.2 Å². The molecule has 0 bridgehead atoms. The second-order valence-electron chi connectivity index (χ2n) is 4.16. The van der Waals surface area contributed by atoms with E-state index in [1.165, 1.54) is 0 Å². The number of benzene rings is 1. The molecule has 0 aliphatic heterocycles. The van der Waals surface area contributed by atoms with Crippen molar-refractivity contribution in [1.82, 2.24) is 10.2 Å². The van der Waals surface area contributed by atoms with Crippen LogP contribution in [0.4, 0.5) is 0 Å². The van der Waals surface area contributed by atoms with Gasteiger partial charge in [0, 0.05) is 5.56 Å². The van der Waals surface area contributed by atoms with Crippen LogP contribution in [0.5, 0.6) is 11.5 Å². The first-order chi connectivity index (χ1) is 9.08. The van der Waals surface area contributed by atoms with Gasteiger partial charge in [-0.2, -0.15) is 0 Å². The van der Waals surface area contributed by atoms with Gasteiger partial charge in [0.15, 0.2) is 5.15 Å². The third-order valence-electron chi connectivity index (χ3n) is 3.13. The molecule has 100 valence electrons. The van der Waals surface area contributed by atoms with Crippen LogP contribution in [0.3, 0.4) is 0 Å². The van der Waals surface area contributed by atoms with Crippen LogP contribution in [-0.2, 0) is 0 Å². The largest absolute Gasteiger partial charge is 0.497 e. The Kier molecular flexibility index (Phi) is 3.90. The topological polar surface area (TPSA) is 44.2 Å². The molecule has 0 N–H and O–H groups in total. The summed E-state index contributed by atoms with van der Waals surface area (Å²) in [5.74, 6) is 1.46. The van der Waals surface area contributed by atoms with Gasteiger partial charge in [-0.1, -0.05) is 11.6 Å². The van der Waals surface area contributed by atoms with E-state index in [1.54, 1.807) is 14.2 Å². The van der Waals surface area contributed by atoms with E-state index < -0.39 is 0 Å². The zero-order chi connectivity index (χ0) is 14.0. The molecule has 0 spiro atoms. The molecular formula is C14H15ClN2O2. The highest BCUT2D eigenvalue weighted by molar-refractivity contribution is 6.30. The molecule has 19 heavy (non-hydrogen) atoms. The van der Waals surface area contributed by atoms with Crippen molar-refractivity contribution in [2.45, 2.75) is 13.8 Å². The van der Waals surface area contributed by atoms with Gasteiger partial charge >= 0.3 is 0 Å². The molecule has 0 fully saturated rings. The molecule has 0 amide bonds. The zero-order valence-electron chi connectivity index (χ0n) is 11.3. The first-order valence-corrected chi connectivity index (χ1v) is 6.18. The van der Waals surface area contributed by atoms with E-state index in [0.717, 1.165) is 33.9 Å². The minimum atomic E-state index is 0.420. The molecule has 0 saturated carbocycles. The Labute approximate surface area is 117 Å². The Morgan fingerprint density at radius 2 is 1.74 bits per heavy atom. The average Bonchev–Trinajstić information content (AvgIpc) is 2.44. The quantitative estimate of drug-likeness (QED) is 0.863. The van der Waals surface area contributed by atoms with Crippen LogP contribution in [-0.4, -0.2) is 24.4 Å². The molecule has 0 unspecified atom stereocenters. The molecule has 2 aromatic rings. The van der Waals surface area contributed by atoms with E-state index in [-0.39, 0.29) is 0 Å². The van der Waals surface area contributed by atoms with Crippen molar-refractivity contribution in [3.8, 4) is 22.8 Å². The maximum absolute atomic E-state index is 5.98. The van der Waals surface area contributed by atoms with Gasteiger partial charge in [-0.3, -0.25) is 0 Å². The molecule has 0 aliphatic rings. The van der Waals surface area contributed by atoms with Crippen molar-refractivity contribution in [1.29, 1.82) is 0 Å². The van der Waals surface area contributed by atoms with Crippen molar-refractivity contribution in [3.63, 3.8) is 0 Å². The number of halogens is 1. The van der Waals surface area contributed by atoms with Crippen molar-refractivity contribution in [2.24, 2.45) is 0 Å². The van der Waals surface area contributed by atoms with E-state index in [0.29, 0.717) is 5.15 Å². The third-order valence-corrected chi connectivity index (χ3v) is 3.49. The second kappa shape index (κ2) is 5.45. The fraction of sp³-hybridized carbons (Fsp3) is 0.286. The van der Waals surface area contributed by atoms with Gasteiger partial charge in [-0.25, -0.2) is 0 Å². The predicted octanol–water partition coefficient (Wildman–Crippen LogP) is 3.43. The first-order valence-electron chi connectivity index (χ1n) is 5.80. The lowest BCUT2D eigenvalue weighted by atomic mass is 10.0. The average molecular weight is 279 g/mol. The maximum Gasteiger partial charge on any atom is 0.154 e. The van der Waals surface area contributed by atoms with E-state index >= 15 is 0 Å². The third kappa shape index (κ3) is 2.49. The molecule has 0 radical (unpaired) electrons. The monoisotopic (exact) mass is 278 g/mol. The Hall–Kier alpha value is -1.81. The minimum Gasteiger partial charge on any atom is -0.497 e. The fourth-order valence-corrected chi connectivity index (χ4v) is 2.01. The summed E-state index contributed by atoms with van der Waals surface area (Å²) in [5.41, 5.74) is 3.48. The highest BCUT2D eigenvalue weighted by atomic mass is 35.5. The van der Waals surface area contributed by atoms with Gasteiger partial charge in [0.2, 0.25) is 0 Å². The van der Waals surface area contributed by atoms with Gasteiger partial charge in [-0.05, 0) is 43.2 Å². The van der Waals surface area contributed by atoms with Crippen LogP contribution in [0.1, 0.15) is 11.1 Å². The fourth-order valence-electron chi connectivity index (χ4n) is 1.83. The molecule has 0 aliphatic carbocycles. The number of ether oxygens (including phenoxy) is 2. The number of methoxy groups -OCH3 is 2. The van der Waals surface area contributed by atoms with Crippen LogP contribution in [0.15, 0.2) is 18.2 Å². The van der Waals surface area contributed by atoms with Crippen LogP contribution >= 0.6 is 11.6 Å². The maximum atomic E-state index is 5.98. The van der Waals surface area contributed by atoms with Crippen LogP contribution < -0.4 is 9.47 Å². The summed E-state index contributed by atoms with van der Waals surface area (Å²) in [6, 6.07) is 5.57. The summed E-state index contributed by atoms with van der Waals surface area (Å²) < 4.78 is 10.6. The van der Waals surface area contributed by atoms with Gasteiger partial charge in [0.25, 0.3) is 0 Å². The van der Waals surface area contributed by atoms with E-state index in [2.05, 4.69) is 10.2 Å². The summed E-state index contributed by atoms with van der Waals surface area (Å²) in [4.78, 5) is 0. The number of aromatic nitrogens is 2. The summed E-state index contributed by atoms with van der Waals surface area (Å²) in [5, 5.41) is 8.56. The summed E-state index contributed by atoms with van der Waals surface area (Å²) in [6.07, 6.45) is 0. The molecule has 1 heterocycles. The van der Waals surface area contributed by atoms with Crippen molar-refractivity contribution >= 4 is 11.6 Å². The Balaban J connectivity index is 2.67. The molecule has 0 atom stereocenters. The van der Waals surface area contributed by atoms with Crippen molar-refractivity contribution in [3.05, 3.63) is 34.5 Å². The Morgan fingerprint density at radius 3 is 2.37 bits per heavy atom. The smallest absolute Gasteiger partial charge is 0.154 e. The standard InChI is InChI=1S/C14H15ClN2O2/c1-8-9(2)14(15)17-16-13(8)11-7-10(18-3)5-6-12(11)19-4/h5-7H,1-4H3. The molecule has 1 aromatic carbocycles. The molecule has 4 nitrogen and oxygen atoms in total. The van der Waals surface area contributed by atoms with Crippen LogP contribution in [0, 0.1) is 13.8 Å². The number of nitrogens with zero attached hydrogens (tertiary/aromatic N) is 2. The molecule has 2 rings (SSSR count). The summed E-state index contributed by atoms with van der Waals surface area (Å²) in [6.45, 7) is 3.88. The van der Waals surface area contributed by atoms with Crippen LogP contribution in [0.25, 0.3) is 11.3 Å².